The molecule has 2 saturated carbocycles. The van der Waals surface area contributed by atoms with Gasteiger partial charge in [-0.05, 0) is 32.1 Å². The Kier molecular flexibility index (Phi) is 6.67. The van der Waals surface area contributed by atoms with E-state index >= 15 is 0 Å². The number of rotatable bonds is 8. The Hall–Kier alpha value is -1.72. The topological polar surface area (TPSA) is 96.0 Å². The first-order valence-electron chi connectivity index (χ1n) is 11.1. The van der Waals surface area contributed by atoms with E-state index in [0.717, 1.165) is 0 Å². The van der Waals surface area contributed by atoms with E-state index in [1.54, 1.807) is 13.8 Å². The maximum absolute atomic E-state index is 13.9. The molecule has 1 heterocycles. The van der Waals surface area contributed by atoms with Crippen LogP contribution in [0.25, 0.3) is 0 Å². The van der Waals surface area contributed by atoms with Gasteiger partial charge >= 0.3 is 15.6 Å². The first kappa shape index (κ1) is 26.9. The van der Waals surface area contributed by atoms with Gasteiger partial charge in [-0.25, -0.2) is 0 Å². The summed E-state index contributed by atoms with van der Waals surface area (Å²) in [4.78, 5) is 25.6. The number of halogens is 3. The first-order valence-corrected chi connectivity index (χ1v) is 12.6. The lowest BCUT2D eigenvalue weighted by molar-refractivity contribution is -0.237. The highest BCUT2D eigenvalue weighted by atomic mass is 32.2. The van der Waals surface area contributed by atoms with E-state index in [2.05, 4.69) is 17.3 Å². The summed E-state index contributed by atoms with van der Waals surface area (Å²) in [5.74, 6) is -3.33. The number of hydrogen-bond donors (Lipinski definition) is 0. The van der Waals surface area contributed by atoms with Crippen LogP contribution >= 0.6 is 0 Å². The van der Waals surface area contributed by atoms with Gasteiger partial charge in [-0.2, -0.15) is 21.6 Å². The molecule has 0 aromatic carbocycles. The van der Waals surface area contributed by atoms with Gasteiger partial charge in [0.25, 0.3) is 0 Å². The molecule has 0 N–H and O–H groups in total. The van der Waals surface area contributed by atoms with Crippen molar-refractivity contribution in [3.63, 3.8) is 0 Å². The van der Waals surface area contributed by atoms with Gasteiger partial charge in [0.1, 0.15) is 17.8 Å². The summed E-state index contributed by atoms with van der Waals surface area (Å²) in [6.07, 6.45) is 2.88. The van der Waals surface area contributed by atoms with Crippen LogP contribution in [-0.4, -0.2) is 45.0 Å². The third-order valence-corrected chi connectivity index (χ3v) is 9.25. The molecule has 2 aliphatic carbocycles. The van der Waals surface area contributed by atoms with E-state index < -0.39 is 49.3 Å². The number of alkyl halides is 3. The number of aldehydes is 1. The normalized spacial score (nSPS) is 34.8. The van der Waals surface area contributed by atoms with Gasteiger partial charge < -0.3 is 18.5 Å². The zero-order valence-corrected chi connectivity index (χ0v) is 20.4. The predicted molar refractivity (Wildman–Crippen MR) is 115 cm³/mol. The van der Waals surface area contributed by atoms with Crippen LogP contribution < -0.4 is 0 Å². The number of allylic oxidation sites excluding steroid dienone is 2. The van der Waals surface area contributed by atoms with Crippen LogP contribution in [0.5, 0.6) is 0 Å². The van der Waals surface area contributed by atoms with Crippen LogP contribution in [0, 0.1) is 28.1 Å². The monoisotopic (exact) mass is 508 g/mol. The lowest BCUT2D eigenvalue weighted by atomic mass is 9.49. The fourth-order valence-corrected chi connectivity index (χ4v) is 6.61. The molecule has 3 fully saturated rings. The molecule has 3 rings (SSSR count). The number of carbonyl (C=O) groups is 2. The highest BCUT2D eigenvalue weighted by Crippen LogP contribution is 2.69. The Balaban J connectivity index is 2.13. The molecule has 1 saturated heterocycles. The summed E-state index contributed by atoms with van der Waals surface area (Å²) in [6.45, 7) is 12.8. The second kappa shape index (κ2) is 8.44. The Bertz CT molecular complexity index is 975. The van der Waals surface area contributed by atoms with Gasteiger partial charge in [0.05, 0.1) is 13.2 Å². The minimum atomic E-state index is -5.96. The van der Waals surface area contributed by atoms with Crippen molar-refractivity contribution in [2.45, 2.75) is 64.2 Å². The van der Waals surface area contributed by atoms with Gasteiger partial charge in [0.15, 0.2) is 5.79 Å². The fraction of sp³-hybridized carbons (Fsp3) is 0.739. The summed E-state index contributed by atoms with van der Waals surface area (Å²) in [6, 6.07) is 0. The summed E-state index contributed by atoms with van der Waals surface area (Å²) >= 11 is 0. The lowest BCUT2D eigenvalue weighted by Crippen LogP contribution is -2.59. The zero-order valence-electron chi connectivity index (χ0n) is 19.6. The minimum absolute atomic E-state index is 0.172. The molecule has 11 heteroatoms. The second-order valence-electron chi connectivity index (χ2n) is 10.2. The zero-order chi connectivity index (χ0) is 25.8. The quantitative estimate of drug-likeness (QED) is 0.159. The van der Waals surface area contributed by atoms with Gasteiger partial charge in [-0.3, -0.25) is 4.79 Å². The van der Waals surface area contributed by atoms with Gasteiger partial charge in [-0.1, -0.05) is 26.5 Å². The summed E-state index contributed by atoms with van der Waals surface area (Å²) in [5, 5.41) is 0. The highest BCUT2D eigenvalue weighted by Gasteiger charge is 2.72. The van der Waals surface area contributed by atoms with Crippen molar-refractivity contribution in [3.05, 3.63) is 25.0 Å². The van der Waals surface area contributed by atoms with Crippen LogP contribution in [0.15, 0.2) is 25.0 Å². The summed E-state index contributed by atoms with van der Waals surface area (Å²) in [7, 11) is -5.96. The molecule has 1 spiro atoms. The number of ketones is 1. The average Bonchev–Trinajstić information content (AvgIpc) is 3.36. The fourth-order valence-electron chi connectivity index (χ4n) is 6.08. The van der Waals surface area contributed by atoms with Gasteiger partial charge in [0, 0.05) is 35.0 Å². The highest BCUT2D eigenvalue weighted by molar-refractivity contribution is 7.87. The SMILES string of the molecule is C=C[C@](C)(C=O)CC(=O)[C@@]1(C)C2C3(CC[C@]2(C(=C)OS(=O)(=O)C(F)(F)F)CC[C@H]1C)OCCO3. The molecule has 0 radical (unpaired) electrons. The van der Waals surface area contributed by atoms with Gasteiger partial charge in [-0.15, -0.1) is 6.58 Å². The molecule has 7 nitrogen and oxygen atoms in total. The molecule has 1 unspecified atom stereocenters. The molecule has 0 aromatic rings. The maximum Gasteiger partial charge on any atom is 0.534 e. The average molecular weight is 509 g/mol. The van der Waals surface area contributed by atoms with Crippen LogP contribution in [0.4, 0.5) is 13.2 Å². The smallest absolute Gasteiger partial charge is 0.381 e. The Labute approximate surface area is 197 Å². The van der Waals surface area contributed by atoms with Crippen LogP contribution in [0.1, 0.15) is 52.9 Å². The number of Topliss-reactive ketones (excluding diaryl/α,β-unsaturated/α-hetero) is 1. The molecule has 3 aliphatic rings. The first-order chi connectivity index (χ1) is 15.5. The minimum Gasteiger partial charge on any atom is -0.381 e. The van der Waals surface area contributed by atoms with Crippen LogP contribution in [-0.2, 0) is 33.4 Å². The van der Waals surface area contributed by atoms with E-state index in [1.165, 1.54) is 6.08 Å². The summed E-state index contributed by atoms with van der Waals surface area (Å²) < 4.78 is 79.5. The third-order valence-electron chi connectivity index (χ3n) is 8.26. The van der Waals surface area contributed by atoms with E-state index in [4.69, 9.17) is 9.47 Å². The molecule has 0 amide bonds. The second-order valence-corrected chi connectivity index (χ2v) is 11.7. The van der Waals surface area contributed by atoms with Crippen LogP contribution in [0.3, 0.4) is 0 Å². The molecule has 0 aromatic heterocycles. The van der Waals surface area contributed by atoms with E-state index in [-0.39, 0.29) is 50.6 Å². The molecule has 192 valence electrons. The Morgan fingerprint density at radius 2 is 1.79 bits per heavy atom. The molecular formula is C23H31F3O7S. The standard InChI is InChI=1S/C23H31F3O7S/c1-6-19(4,14-27)13-17(28)20(5)15(2)7-8-21(16(3)33-34(29,30)23(24,25)26)9-10-22(18(20)21)31-11-12-32-22/h6,14-15,18H,1,3,7-13H2,2,4-5H3/t15-,18?,19+,20+,21+/m1/s1. The van der Waals surface area contributed by atoms with Crippen molar-refractivity contribution in [1.29, 1.82) is 0 Å². The number of hydrogen-bond acceptors (Lipinski definition) is 7. The molecular weight excluding hydrogens is 477 g/mol. The van der Waals surface area contributed by atoms with E-state index in [9.17, 15) is 31.2 Å². The number of fused-ring (bicyclic) bond motifs is 2. The predicted octanol–water partition coefficient (Wildman–Crippen LogP) is 4.29. The van der Waals surface area contributed by atoms with Crippen molar-refractivity contribution in [2.75, 3.05) is 13.2 Å². The number of carbonyl (C=O) groups excluding carboxylic acids is 2. The van der Waals surface area contributed by atoms with Crippen molar-refractivity contribution in [1.82, 2.24) is 0 Å². The summed E-state index contributed by atoms with van der Waals surface area (Å²) in [5.41, 5.74) is -9.32. The third kappa shape index (κ3) is 3.93. The van der Waals surface area contributed by atoms with E-state index in [1.807, 2.05) is 6.92 Å². The van der Waals surface area contributed by atoms with Gasteiger partial charge in [0.2, 0.25) is 0 Å². The largest absolute Gasteiger partial charge is 0.534 e. The Morgan fingerprint density at radius 3 is 2.29 bits per heavy atom. The number of ether oxygens (including phenoxy) is 2. The van der Waals surface area contributed by atoms with E-state index in [0.29, 0.717) is 12.7 Å². The maximum atomic E-state index is 13.9. The molecule has 5 atom stereocenters. The van der Waals surface area contributed by atoms with Crippen molar-refractivity contribution < 1.29 is 44.8 Å². The molecule has 34 heavy (non-hydrogen) atoms. The lowest BCUT2D eigenvalue weighted by Gasteiger charge is -2.56. The Morgan fingerprint density at radius 1 is 1.21 bits per heavy atom. The van der Waals surface area contributed by atoms with Crippen molar-refractivity contribution in [3.8, 4) is 0 Å². The molecule has 0 bridgehead atoms. The molecule has 1 aliphatic heterocycles. The van der Waals surface area contributed by atoms with Crippen molar-refractivity contribution >= 4 is 22.2 Å². The van der Waals surface area contributed by atoms with Crippen LogP contribution in [0.2, 0.25) is 0 Å². The van der Waals surface area contributed by atoms with Crippen molar-refractivity contribution in [2.24, 2.45) is 28.1 Å².